The van der Waals surface area contributed by atoms with E-state index in [1.165, 1.54) is 26.1 Å². The summed E-state index contributed by atoms with van der Waals surface area (Å²) in [6, 6.07) is 0.640. The van der Waals surface area contributed by atoms with Gasteiger partial charge in [-0.1, -0.05) is 20.8 Å². The minimum Gasteiger partial charge on any atom is -0.316 e. The minimum absolute atomic E-state index is 0.483. The van der Waals surface area contributed by atoms with Crippen LogP contribution in [0.15, 0.2) is 0 Å². The van der Waals surface area contributed by atoms with Crippen molar-refractivity contribution in [2.45, 2.75) is 40.2 Å². The number of nitrogens with zero attached hydrogens (tertiary/aromatic N) is 2. The first-order valence-electron chi connectivity index (χ1n) is 7.51. The number of likely N-dealkylation sites (N-methyl/N-ethyl adjacent to an activating group) is 2. The lowest BCUT2D eigenvalue weighted by Gasteiger charge is -2.40. The molecule has 1 aliphatic rings. The lowest BCUT2D eigenvalue weighted by atomic mass is 9.75. The average molecular weight is 255 g/mol. The molecule has 0 saturated carbocycles. The highest BCUT2D eigenvalue weighted by atomic mass is 15.2. The van der Waals surface area contributed by atoms with Gasteiger partial charge in [0, 0.05) is 25.7 Å². The topological polar surface area (TPSA) is 18.5 Å². The fraction of sp³-hybridized carbons (Fsp3) is 1.00. The Kier molecular flexibility index (Phi) is 6.09. The van der Waals surface area contributed by atoms with E-state index in [1.807, 2.05) is 0 Å². The molecule has 0 aromatic rings. The van der Waals surface area contributed by atoms with Gasteiger partial charge in [0.1, 0.15) is 0 Å². The fourth-order valence-electron chi connectivity index (χ4n) is 3.20. The van der Waals surface area contributed by atoms with Crippen LogP contribution in [0.25, 0.3) is 0 Å². The van der Waals surface area contributed by atoms with Gasteiger partial charge in [0.05, 0.1) is 0 Å². The number of nitrogens with one attached hydrogen (secondary N) is 1. The summed E-state index contributed by atoms with van der Waals surface area (Å²) in [5, 5.41) is 3.57. The van der Waals surface area contributed by atoms with E-state index in [0.29, 0.717) is 11.5 Å². The Balaban J connectivity index is 2.65. The van der Waals surface area contributed by atoms with Gasteiger partial charge in [0.25, 0.3) is 0 Å². The number of rotatable bonds is 7. The van der Waals surface area contributed by atoms with Crippen molar-refractivity contribution in [3.8, 4) is 0 Å². The highest BCUT2D eigenvalue weighted by molar-refractivity contribution is 4.93. The second-order valence-corrected chi connectivity index (χ2v) is 6.62. The summed E-state index contributed by atoms with van der Waals surface area (Å²) in [6.45, 7) is 15.4. The van der Waals surface area contributed by atoms with Crippen molar-refractivity contribution in [1.29, 1.82) is 0 Å². The maximum Gasteiger partial charge on any atom is 0.0194 e. The van der Waals surface area contributed by atoms with Gasteiger partial charge in [0.2, 0.25) is 0 Å². The molecule has 2 unspecified atom stereocenters. The number of hydrogen-bond acceptors (Lipinski definition) is 3. The molecule has 1 aliphatic heterocycles. The highest BCUT2D eigenvalue weighted by Gasteiger charge is 2.38. The molecule has 1 rings (SSSR count). The molecule has 1 saturated heterocycles. The Morgan fingerprint density at radius 1 is 1.22 bits per heavy atom. The van der Waals surface area contributed by atoms with E-state index in [9.17, 15) is 0 Å². The predicted octanol–water partition coefficient (Wildman–Crippen LogP) is 1.89. The smallest absolute Gasteiger partial charge is 0.0194 e. The summed E-state index contributed by atoms with van der Waals surface area (Å²) in [6.07, 6.45) is 1.33. The molecule has 0 amide bonds. The quantitative estimate of drug-likeness (QED) is 0.749. The zero-order chi connectivity index (χ0) is 13.8. The van der Waals surface area contributed by atoms with E-state index in [-0.39, 0.29) is 0 Å². The van der Waals surface area contributed by atoms with Gasteiger partial charge in [-0.3, -0.25) is 4.90 Å². The Hall–Kier alpha value is -0.120. The van der Waals surface area contributed by atoms with Crippen LogP contribution in [-0.4, -0.2) is 62.7 Å². The molecular formula is C15H33N3. The maximum absolute atomic E-state index is 3.57. The van der Waals surface area contributed by atoms with Crippen molar-refractivity contribution < 1.29 is 0 Å². The summed E-state index contributed by atoms with van der Waals surface area (Å²) < 4.78 is 0. The molecule has 0 bridgehead atoms. The van der Waals surface area contributed by atoms with Crippen molar-refractivity contribution in [3.63, 3.8) is 0 Å². The lowest BCUT2D eigenvalue weighted by Crippen LogP contribution is -2.48. The van der Waals surface area contributed by atoms with Gasteiger partial charge >= 0.3 is 0 Å². The second-order valence-electron chi connectivity index (χ2n) is 6.62. The van der Waals surface area contributed by atoms with Crippen LogP contribution in [0.5, 0.6) is 0 Å². The molecule has 0 aliphatic carbocycles. The van der Waals surface area contributed by atoms with E-state index in [4.69, 9.17) is 0 Å². The van der Waals surface area contributed by atoms with Crippen LogP contribution in [-0.2, 0) is 0 Å². The van der Waals surface area contributed by atoms with E-state index >= 15 is 0 Å². The Bertz CT molecular complexity index is 232. The molecule has 0 aromatic heterocycles. The van der Waals surface area contributed by atoms with E-state index in [0.717, 1.165) is 19.0 Å². The molecular weight excluding hydrogens is 222 g/mol. The third kappa shape index (κ3) is 3.94. The van der Waals surface area contributed by atoms with Crippen molar-refractivity contribution in [1.82, 2.24) is 15.1 Å². The molecule has 0 radical (unpaired) electrons. The van der Waals surface area contributed by atoms with Crippen molar-refractivity contribution in [2.24, 2.45) is 11.3 Å². The molecule has 18 heavy (non-hydrogen) atoms. The van der Waals surface area contributed by atoms with E-state index < -0.39 is 0 Å². The molecule has 108 valence electrons. The summed E-state index contributed by atoms with van der Waals surface area (Å²) in [4.78, 5) is 4.95. The summed E-state index contributed by atoms with van der Waals surface area (Å²) in [5.41, 5.74) is 0.483. The first-order valence-corrected chi connectivity index (χ1v) is 7.51. The maximum atomic E-state index is 3.57. The molecule has 2 atom stereocenters. The van der Waals surface area contributed by atoms with Crippen LogP contribution < -0.4 is 5.32 Å². The molecule has 1 fully saturated rings. The van der Waals surface area contributed by atoms with Crippen LogP contribution in [0.2, 0.25) is 0 Å². The molecule has 0 aromatic carbocycles. The SMILES string of the molecule is CCN(CC1(C(C)C)CCNC1)C(C)CN(C)C. The van der Waals surface area contributed by atoms with Crippen LogP contribution >= 0.6 is 0 Å². The summed E-state index contributed by atoms with van der Waals surface area (Å²) in [7, 11) is 4.33. The van der Waals surface area contributed by atoms with Crippen molar-refractivity contribution in [2.75, 3.05) is 46.8 Å². The molecule has 1 N–H and O–H groups in total. The van der Waals surface area contributed by atoms with Gasteiger partial charge in [-0.2, -0.15) is 0 Å². The first kappa shape index (κ1) is 15.9. The normalized spacial score (nSPS) is 26.5. The van der Waals surface area contributed by atoms with Crippen LogP contribution in [0.4, 0.5) is 0 Å². The lowest BCUT2D eigenvalue weighted by molar-refractivity contribution is 0.0842. The van der Waals surface area contributed by atoms with Crippen molar-refractivity contribution in [3.05, 3.63) is 0 Å². The summed E-state index contributed by atoms with van der Waals surface area (Å²) in [5.74, 6) is 0.758. The van der Waals surface area contributed by atoms with E-state index in [2.05, 4.69) is 56.9 Å². The second kappa shape index (κ2) is 6.88. The molecule has 1 heterocycles. The largest absolute Gasteiger partial charge is 0.316 e. The third-order valence-electron chi connectivity index (χ3n) is 4.68. The average Bonchev–Trinajstić information content (AvgIpc) is 2.74. The summed E-state index contributed by atoms with van der Waals surface area (Å²) >= 11 is 0. The van der Waals surface area contributed by atoms with Crippen LogP contribution in [0.3, 0.4) is 0 Å². The first-order chi connectivity index (χ1) is 8.41. The number of hydrogen-bond donors (Lipinski definition) is 1. The van der Waals surface area contributed by atoms with Gasteiger partial charge in [-0.05, 0) is 51.9 Å². The predicted molar refractivity (Wildman–Crippen MR) is 80.0 cm³/mol. The fourth-order valence-corrected chi connectivity index (χ4v) is 3.20. The standard InChI is InChI=1S/C15H33N3/c1-7-18(14(4)10-17(5)6)12-15(13(2)3)8-9-16-11-15/h13-14,16H,7-12H2,1-6H3. The van der Waals surface area contributed by atoms with Crippen LogP contribution in [0, 0.1) is 11.3 Å². The highest BCUT2D eigenvalue weighted by Crippen LogP contribution is 2.35. The third-order valence-corrected chi connectivity index (χ3v) is 4.68. The molecule has 3 heteroatoms. The Morgan fingerprint density at radius 2 is 1.89 bits per heavy atom. The van der Waals surface area contributed by atoms with E-state index in [1.54, 1.807) is 0 Å². The minimum atomic E-state index is 0.483. The zero-order valence-electron chi connectivity index (χ0n) is 13.3. The van der Waals surface area contributed by atoms with Gasteiger partial charge in [-0.15, -0.1) is 0 Å². The zero-order valence-corrected chi connectivity index (χ0v) is 13.3. The Labute approximate surface area is 114 Å². The molecule has 3 nitrogen and oxygen atoms in total. The van der Waals surface area contributed by atoms with Crippen LogP contribution in [0.1, 0.15) is 34.1 Å². The Morgan fingerprint density at radius 3 is 2.28 bits per heavy atom. The van der Waals surface area contributed by atoms with Gasteiger partial charge in [0.15, 0.2) is 0 Å². The van der Waals surface area contributed by atoms with Crippen molar-refractivity contribution >= 4 is 0 Å². The molecule has 0 spiro atoms. The van der Waals surface area contributed by atoms with Gasteiger partial charge in [-0.25, -0.2) is 0 Å². The van der Waals surface area contributed by atoms with Gasteiger partial charge < -0.3 is 10.2 Å². The monoisotopic (exact) mass is 255 g/mol.